The van der Waals surface area contributed by atoms with E-state index in [0.29, 0.717) is 16.7 Å². The van der Waals surface area contributed by atoms with Gasteiger partial charge in [-0.15, -0.1) is 0 Å². The van der Waals surface area contributed by atoms with Crippen molar-refractivity contribution in [2.24, 2.45) is 0 Å². The normalized spacial score (nSPS) is 11.0. The smallest absolute Gasteiger partial charge is 0.345 e. The van der Waals surface area contributed by atoms with Gasteiger partial charge in [-0.3, -0.25) is 0 Å². The molecule has 2 aromatic carbocycles. The molecule has 1 aromatic heterocycles. The Morgan fingerprint density at radius 3 is 2.67 bits per heavy atom. The van der Waals surface area contributed by atoms with Crippen LogP contribution in [0.3, 0.4) is 0 Å². The van der Waals surface area contributed by atoms with Crippen molar-refractivity contribution in [3.05, 3.63) is 51.8 Å². The maximum absolute atomic E-state index is 12.0. The van der Waals surface area contributed by atoms with Crippen molar-refractivity contribution in [3.8, 4) is 5.75 Å². The topological polar surface area (TPSA) is 39.4 Å². The molecule has 0 N–H and O–H groups in total. The lowest BCUT2D eigenvalue weighted by Gasteiger charge is -2.07. The first-order chi connectivity index (χ1) is 8.72. The van der Waals surface area contributed by atoms with Crippen LogP contribution >= 0.6 is 11.6 Å². The summed E-state index contributed by atoms with van der Waals surface area (Å²) in [4.78, 5) is 12.0. The molecule has 0 aliphatic heterocycles. The van der Waals surface area contributed by atoms with Gasteiger partial charge in [-0.05, 0) is 18.2 Å². The molecule has 3 aromatic rings. The zero-order valence-corrected chi connectivity index (χ0v) is 10.3. The third-order valence-corrected chi connectivity index (χ3v) is 3.29. The third-order valence-electron chi connectivity index (χ3n) is 2.91. The van der Waals surface area contributed by atoms with E-state index < -0.39 is 5.63 Å². The summed E-state index contributed by atoms with van der Waals surface area (Å²) in [6.07, 6.45) is 0. The Kier molecular flexibility index (Phi) is 2.49. The minimum absolute atomic E-state index is 0.287. The maximum Gasteiger partial charge on any atom is 0.345 e. The Hall–Kier alpha value is -2.00. The quantitative estimate of drug-likeness (QED) is 0.496. The predicted octanol–water partition coefficient (Wildman–Crippen LogP) is 3.61. The number of hydrogen-bond acceptors (Lipinski definition) is 3. The molecular formula is C14H9ClO3. The van der Waals surface area contributed by atoms with Gasteiger partial charge in [-0.1, -0.05) is 29.8 Å². The molecule has 0 unspecified atom stereocenters. The molecule has 0 aliphatic rings. The van der Waals surface area contributed by atoms with Crippen molar-refractivity contribution in [1.29, 1.82) is 0 Å². The molecule has 0 saturated heterocycles. The molecule has 3 nitrogen and oxygen atoms in total. The van der Waals surface area contributed by atoms with E-state index >= 15 is 0 Å². The van der Waals surface area contributed by atoms with Gasteiger partial charge in [0.1, 0.15) is 11.3 Å². The first-order valence-corrected chi connectivity index (χ1v) is 5.78. The van der Waals surface area contributed by atoms with Gasteiger partial charge in [0.15, 0.2) is 0 Å². The monoisotopic (exact) mass is 260 g/mol. The summed E-state index contributed by atoms with van der Waals surface area (Å²) in [6, 6.07) is 10.9. The van der Waals surface area contributed by atoms with Crippen LogP contribution in [0.1, 0.15) is 0 Å². The molecule has 0 aliphatic carbocycles. The number of fused-ring (bicyclic) bond motifs is 3. The van der Waals surface area contributed by atoms with Crippen molar-refractivity contribution < 1.29 is 9.15 Å². The number of rotatable bonds is 1. The summed E-state index contributed by atoms with van der Waals surface area (Å²) in [5, 5.41) is 2.27. The second-order valence-corrected chi connectivity index (χ2v) is 4.27. The van der Waals surface area contributed by atoms with Crippen LogP contribution in [-0.2, 0) is 0 Å². The number of benzene rings is 2. The van der Waals surface area contributed by atoms with Crippen molar-refractivity contribution in [2.75, 3.05) is 7.11 Å². The van der Waals surface area contributed by atoms with Crippen LogP contribution in [-0.4, -0.2) is 7.11 Å². The zero-order chi connectivity index (χ0) is 12.7. The molecule has 0 saturated carbocycles. The Labute approximate surface area is 108 Å². The van der Waals surface area contributed by atoms with E-state index in [2.05, 4.69) is 0 Å². The average Bonchev–Trinajstić information content (AvgIpc) is 2.39. The minimum Gasteiger partial charge on any atom is -0.495 e. The Balaban J connectivity index is 2.60. The van der Waals surface area contributed by atoms with Crippen LogP contribution < -0.4 is 10.4 Å². The van der Waals surface area contributed by atoms with Gasteiger partial charge in [0.05, 0.1) is 17.5 Å². The highest BCUT2D eigenvalue weighted by Crippen LogP contribution is 2.33. The van der Waals surface area contributed by atoms with Crippen LogP contribution in [0.4, 0.5) is 0 Å². The summed E-state index contributed by atoms with van der Waals surface area (Å²) in [7, 11) is 1.51. The number of hydrogen-bond donors (Lipinski definition) is 0. The van der Waals surface area contributed by atoms with E-state index in [1.54, 1.807) is 12.1 Å². The second kappa shape index (κ2) is 4.03. The van der Waals surface area contributed by atoms with E-state index in [1.807, 2.05) is 24.3 Å². The molecule has 0 bridgehead atoms. The second-order valence-electron chi connectivity index (χ2n) is 3.89. The lowest BCUT2D eigenvalue weighted by Crippen LogP contribution is -2.01. The van der Waals surface area contributed by atoms with Gasteiger partial charge in [-0.25, -0.2) is 4.79 Å². The zero-order valence-electron chi connectivity index (χ0n) is 9.57. The Morgan fingerprint density at radius 2 is 1.89 bits per heavy atom. The maximum atomic E-state index is 12.0. The summed E-state index contributed by atoms with van der Waals surface area (Å²) >= 11 is 6.16. The van der Waals surface area contributed by atoms with Crippen LogP contribution in [0.15, 0.2) is 45.6 Å². The number of methoxy groups -OCH3 is 1. The van der Waals surface area contributed by atoms with Crippen molar-refractivity contribution >= 4 is 33.3 Å². The SMILES string of the molecule is COc1ccc2c(c1Cl)c(=O)oc1ccccc12. The average molecular weight is 261 g/mol. The van der Waals surface area contributed by atoms with Crippen molar-refractivity contribution in [1.82, 2.24) is 0 Å². The summed E-state index contributed by atoms with van der Waals surface area (Å²) in [6.45, 7) is 0. The number of para-hydroxylation sites is 1. The lowest BCUT2D eigenvalue weighted by molar-refractivity contribution is 0.415. The van der Waals surface area contributed by atoms with Gasteiger partial charge in [0.25, 0.3) is 0 Å². The predicted molar refractivity (Wildman–Crippen MR) is 71.6 cm³/mol. The van der Waals surface area contributed by atoms with Crippen LogP contribution in [0.25, 0.3) is 21.7 Å². The van der Waals surface area contributed by atoms with Crippen LogP contribution in [0.5, 0.6) is 5.75 Å². The molecule has 0 spiro atoms. The van der Waals surface area contributed by atoms with Crippen LogP contribution in [0.2, 0.25) is 5.02 Å². The molecule has 18 heavy (non-hydrogen) atoms. The fraction of sp³-hybridized carbons (Fsp3) is 0.0714. The molecule has 0 atom stereocenters. The minimum atomic E-state index is -0.451. The van der Waals surface area contributed by atoms with E-state index in [1.165, 1.54) is 7.11 Å². The van der Waals surface area contributed by atoms with Gasteiger partial charge < -0.3 is 9.15 Å². The molecule has 0 amide bonds. The highest BCUT2D eigenvalue weighted by atomic mass is 35.5. The number of ether oxygens (including phenoxy) is 1. The fourth-order valence-corrected chi connectivity index (χ4v) is 2.39. The van der Waals surface area contributed by atoms with Gasteiger partial charge in [-0.2, -0.15) is 0 Å². The van der Waals surface area contributed by atoms with E-state index in [4.69, 9.17) is 20.8 Å². The molecule has 0 radical (unpaired) electrons. The summed E-state index contributed by atoms with van der Waals surface area (Å²) in [5.74, 6) is 0.465. The summed E-state index contributed by atoms with van der Waals surface area (Å²) < 4.78 is 10.4. The molecule has 0 fully saturated rings. The van der Waals surface area contributed by atoms with Gasteiger partial charge in [0, 0.05) is 10.8 Å². The molecule has 90 valence electrons. The van der Waals surface area contributed by atoms with Crippen molar-refractivity contribution in [3.63, 3.8) is 0 Å². The van der Waals surface area contributed by atoms with E-state index in [9.17, 15) is 4.79 Å². The Bertz CT molecular complexity index is 805. The fourth-order valence-electron chi connectivity index (χ4n) is 2.07. The standard InChI is InChI=1S/C14H9ClO3/c1-17-11-7-6-9-8-4-2-3-5-10(8)18-14(16)12(9)13(11)15/h2-7H,1H3. The first kappa shape index (κ1) is 11.1. The van der Waals surface area contributed by atoms with Crippen molar-refractivity contribution in [2.45, 2.75) is 0 Å². The molecule has 3 rings (SSSR count). The summed E-state index contributed by atoms with van der Waals surface area (Å²) in [5.41, 5.74) is 0.101. The highest BCUT2D eigenvalue weighted by Gasteiger charge is 2.13. The van der Waals surface area contributed by atoms with E-state index in [-0.39, 0.29) is 5.02 Å². The third kappa shape index (κ3) is 1.48. The number of halogens is 1. The molecular weight excluding hydrogens is 252 g/mol. The first-order valence-electron chi connectivity index (χ1n) is 5.40. The van der Waals surface area contributed by atoms with Gasteiger partial charge in [0.2, 0.25) is 0 Å². The Morgan fingerprint density at radius 1 is 1.11 bits per heavy atom. The van der Waals surface area contributed by atoms with Crippen LogP contribution in [0, 0.1) is 0 Å². The molecule has 4 heteroatoms. The van der Waals surface area contributed by atoms with E-state index in [0.717, 1.165) is 10.8 Å². The molecule has 1 heterocycles. The van der Waals surface area contributed by atoms with Gasteiger partial charge >= 0.3 is 5.63 Å². The largest absolute Gasteiger partial charge is 0.495 e. The highest BCUT2D eigenvalue weighted by molar-refractivity contribution is 6.37. The lowest BCUT2D eigenvalue weighted by atomic mass is 10.1.